The van der Waals surface area contributed by atoms with Crippen LogP contribution in [0.15, 0.2) is 35.4 Å². The molecular weight excluding hydrogens is 301 g/mol. The van der Waals surface area contributed by atoms with E-state index < -0.39 is 0 Å². The highest BCUT2D eigenvalue weighted by atomic mass is 35.5. The third-order valence-electron chi connectivity index (χ3n) is 2.18. The molecule has 1 aromatic heterocycles. The Balaban J connectivity index is 2.21. The zero-order valence-corrected chi connectivity index (χ0v) is 12.9. The minimum Gasteiger partial charge on any atom is -0.339 e. The summed E-state index contributed by atoms with van der Waals surface area (Å²) in [6.45, 7) is 4.32. The normalized spacial score (nSPS) is 10.8. The van der Waals surface area contributed by atoms with Gasteiger partial charge >= 0.3 is 0 Å². The molecule has 0 amide bonds. The molecule has 0 fully saturated rings. The molecule has 0 unspecified atom stereocenters. The first-order chi connectivity index (χ1) is 9.04. The Hall–Kier alpha value is -0.970. The lowest BCUT2D eigenvalue weighted by molar-refractivity contribution is 1.11. The Kier molecular flexibility index (Phi) is 4.91. The van der Waals surface area contributed by atoms with Gasteiger partial charge in [0.15, 0.2) is 5.82 Å². The van der Waals surface area contributed by atoms with E-state index in [-0.39, 0.29) is 5.28 Å². The summed E-state index contributed by atoms with van der Waals surface area (Å²) < 4.78 is 0. The van der Waals surface area contributed by atoms with Crippen LogP contribution in [0.2, 0.25) is 10.3 Å². The highest BCUT2D eigenvalue weighted by molar-refractivity contribution is 7.99. The predicted octanol–water partition coefficient (Wildman–Crippen LogP) is 5.03. The molecule has 0 atom stereocenters. The lowest BCUT2D eigenvalue weighted by atomic mass is 10.3. The number of hydrogen-bond donors (Lipinski definition) is 1. The number of rotatable bonds is 4. The van der Waals surface area contributed by atoms with Crippen LogP contribution >= 0.6 is 35.0 Å². The van der Waals surface area contributed by atoms with E-state index in [4.69, 9.17) is 23.2 Å². The van der Waals surface area contributed by atoms with Crippen LogP contribution in [0.25, 0.3) is 0 Å². The number of benzene rings is 1. The van der Waals surface area contributed by atoms with Gasteiger partial charge in [-0.1, -0.05) is 31.5 Å². The molecule has 0 saturated carbocycles. The summed E-state index contributed by atoms with van der Waals surface area (Å²) in [7, 11) is 0. The SMILES string of the molecule is CC(C)Sc1cccc(Nc2nc(Cl)ncc2Cl)c1. The Bertz CT molecular complexity index is 576. The maximum atomic E-state index is 6.02. The molecule has 1 aromatic carbocycles. The van der Waals surface area contributed by atoms with Crippen molar-refractivity contribution in [2.45, 2.75) is 24.0 Å². The van der Waals surface area contributed by atoms with Crippen molar-refractivity contribution < 1.29 is 0 Å². The molecule has 2 aromatic rings. The number of hydrogen-bond acceptors (Lipinski definition) is 4. The van der Waals surface area contributed by atoms with Gasteiger partial charge in [-0.3, -0.25) is 0 Å². The molecule has 0 aliphatic heterocycles. The first kappa shape index (κ1) is 14.4. The lowest BCUT2D eigenvalue weighted by Crippen LogP contribution is -1.96. The highest BCUT2D eigenvalue weighted by Crippen LogP contribution is 2.28. The zero-order valence-electron chi connectivity index (χ0n) is 10.5. The van der Waals surface area contributed by atoms with Gasteiger partial charge in [0.2, 0.25) is 5.28 Å². The monoisotopic (exact) mass is 313 g/mol. The molecule has 3 nitrogen and oxygen atoms in total. The number of aromatic nitrogens is 2. The van der Waals surface area contributed by atoms with Crippen molar-refractivity contribution in [3.63, 3.8) is 0 Å². The smallest absolute Gasteiger partial charge is 0.224 e. The summed E-state index contributed by atoms with van der Waals surface area (Å²) in [5.41, 5.74) is 0.919. The Morgan fingerprint density at radius 3 is 2.79 bits per heavy atom. The van der Waals surface area contributed by atoms with Gasteiger partial charge in [0, 0.05) is 15.8 Å². The average molecular weight is 314 g/mol. The maximum Gasteiger partial charge on any atom is 0.224 e. The number of thioether (sulfide) groups is 1. The van der Waals surface area contributed by atoms with Crippen LogP contribution in [0.1, 0.15) is 13.8 Å². The van der Waals surface area contributed by atoms with Gasteiger partial charge in [-0.2, -0.15) is 4.98 Å². The van der Waals surface area contributed by atoms with Crippen LogP contribution in [-0.4, -0.2) is 15.2 Å². The van der Waals surface area contributed by atoms with E-state index in [9.17, 15) is 0 Å². The van der Waals surface area contributed by atoms with Crippen molar-refractivity contribution >= 4 is 46.5 Å². The molecule has 1 N–H and O–H groups in total. The van der Waals surface area contributed by atoms with Gasteiger partial charge in [0.25, 0.3) is 0 Å². The standard InChI is InChI=1S/C13H13Cl2N3S/c1-8(2)19-10-5-3-4-9(6-10)17-12-11(14)7-16-13(15)18-12/h3-8H,1-2H3,(H,16,17,18). The van der Waals surface area contributed by atoms with E-state index in [0.29, 0.717) is 16.1 Å². The second kappa shape index (κ2) is 6.46. The van der Waals surface area contributed by atoms with Crippen molar-refractivity contribution in [1.29, 1.82) is 0 Å². The van der Waals surface area contributed by atoms with E-state index in [1.807, 2.05) is 12.1 Å². The second-order valence-corrected chi connectivity index (χ2v) is 6.55. The van der Waals surface area contributed by atoms with Crippen LogP contribution in [0.5, 0.6) is 0 Å². The number of anilines is 2. The first-order valence-corrected chi connectivity index (χ1v) is 7.40. The molecule has 1 heterocycles. The molecular formula is C13H13Cl2N3S. The van der Waals surface area contributed by atoms with Gasteiger partial charge < -0.3 is 5.32 Å². The summed E-state index contributed by atoms with van der Waals surface area (Å²) in [5, 5.41) is 4.28. The minimum absolute atomic E-state index is 0.166. The summed E-state index contributed by atoms with van der Waals surface area (Å²) in [6, 6.07) is 8.07. The van der Waals surface area contributed by atoms with Crippen molar-refractivity contribution in [3.05, 3.63) is 40.8 Å². The number of halogens is 2. The van der Waals surface area contributed by atoms with Crippen LogP contribution in [-0.2, 0) is 0 Å². The Morgan fingerprint density at radius 2 is 2.05 bits per heavy atom. The van der Waals surface area contributed by atoms with Crippen LogP contribution in [0, 0.1) is 0 Å². The number of nitrogens with zero attached hydrogens (tertiary/aromatic N) is 2. The molecule has 19 heavy (non-hydrogen) atoms. The molecule has 0 spiro atoms. The molecule has 0 saturated heterocycles. The summed E-state index contributed by atoms with van der Waals surface area (Å²) in [4.78, 5) is 9.07. The molecule has 0 aliphatic rings. The highest BCUT2D eigenvalue weighted by Gasteiger charge is 2.06. The van der Waals surface area contributed by atoms with E-state index in [1.54, 1.807) is 11.8 Å². The maximum absolute atomic E-state index is 6.02. The Morgan fingerprint density at radius 1 is 1.26 bits per heavy atom. The summed E-state index contributed by atoms with van der Waals surface area (Å²) in [5.74, 6) is 0.508. The molecule has 6 heteroatoms. The van der Waals surface area contributed by atoms with Crippen molar-refractivity contribution in [2.24, 2.45) is 0 Å². The molecule has 2 rings (SSSR count). The largest absolute Gasteiger partial charge is 0.339 e. The van der Waals surface area contributed by atoms with E-state index in [0.717, 1.165) is 5.69 Å². The first-order valence-electron chi connectivity index (χ1n) is 5.76. The summed E-state index contributed by atoms with van der Waals surface area (Å²) in [6.07, 6.45) is 1.48. The molecule has 0 bridgehead atoms. The van der Waals surface area contributed by atoms with Crippen LogP contribution < -0.4 is 5.32 Å². The minimum atomic E-state index is 0.166. The molecule has 100 valence electrons. The van der Waals surface area contributed by atoms with Gasteiger partial charge in [-0.15, -0.1) is 11.8 Å². The fourth-order valence-electron chi connectivity index (χ4n) is 1.49. The molecule has 0 aliphatic carbocycles. The fraction of sp³-hybridized carbons (Fsp3) is 0.231. The zero-order chi connectivity index (χ0) is 13.8. The number of nitrogens with one attached hydrogen (secondary N) is 1. The van der Waals surface area contributed by atoms with E-state index >= 15 is 0 Å². The predicted molar refractivity (Wildman–Crippen MR) is 82.8 cm³/mol. The van der Waals surface area contributed by atoms with Gasteiger partial charge in [0.1, 0.15) is 5.02 Å². The third kappa shape index (κ3) is 4.27. The summed E-state index contributed by atoms with van der Waals surface area (Å²) >= 11 is 13.6. The fourth-order valence-corrected chi connectivity index (χ4v) is 2.66. The van der Waals surface area contributed by atoms with Crippen LogP contribution in [0.4, 0.5) is 11.5 Å². The second-order valence-electron chi connectivity index (χ2n) is 4.16. The van der Waals surface area contributed by atoms with E-state index in [2.05, 4.69) is 41.3 Å². The van der Waals surface area contributed by atoms with E-state index in [1.165, 1.54) is 11.1 Å². The topological polar surface area (TPSA) is 37.8 Å². The quantitative estimate of drug-likeness (QED) is 0.634. The Labute approximate surface area is 126 Å². The van der Waals surface area contributed by atoms with Gasteiger partial charge in [-0.05, 0) is 29.8 Å². The third-order valence-corrected chi connectivity index (χ3v) is 3.64. The lowest BCUT2D eigenvalue weighted by Gasteiger charge is -2.10. The van der Waals surface area contributed by atoms with Crippen LogP contribution in [0.3, 0.4) is 0 Å². The molecule has 0 radical (unpaired) electrons. The van der Waals surface area contributed by atoms with Crippen molar-refractivity contribution in [3.8, 4) is 0 Å². The average Bonchev–Trinajstić information content (AvgIpc) is 2.33. The van der Waals surface area contributed by atoms with Gasteiger partial charge in [0.05, 0.1) is 6.20 Å². The van der Waals surface area contributed by atoms with Crippen molar-refractivity contribution in [1.82, 2.24) is 9.97 Å². The van der Waals surface area contributed by atoms with Gasteiger partial charge in [-0.25, -0.2) is 4.98 Å². The van der Waals surface area contributed by atoms with Crippen molar-refractivity contribution in [2.75, 3.05) is 5.32 Å².